The first kappa shape index (κ1) is 16.0. The molecule has 0 spiro atoms. The number of nitrogens with one attached hydrogen (secondary N) is 1. The third-order valence-electron chi connectivity index (χ3n) is 3.18. The van der Waals surface area contributed by atoms with Crippen molar-refractivity contribution in [1.29, 1.82) is 0 Å². The Hall–Kier alpha value is -2.33. The Morgan fingerprint density at radius 2 is 1.68 bits per heavy atom. The highest BCUT2D eigenvalue weighted by Gasteiger charge is 2.10. The molecule has 2 amide bonds. The van der Waals surface area contributed by atoms with Gasteiger partial charge in [0.05, 0.1) is 10.6 Å². The molecule has 22 heavy (non-hydrogen) atoms. The fourth-order valence-corrected chi connectivity index (χ4v) is 2.17. The van der Waals surface area contributed by atoms with Crippen LogP contribution in [0.2, 0.25) is 5.02 Å². The predicted octanol–water partition coefficient (Wildman–Crippen LogP) is 2.97. The normalized spacial score (nSPS) is 10.1. The zero-order valence-electron chi connectivity index (χ0n) is 12.5. The highest BCUT2D eigenvalue weighted by molar-refractivity contribution is 6.33. The molecule has 0 fully saturated rings. The van der Waals surface area contributed by atoms with Gasteiger partial charge in [0.1, 0.15) is 0 Å². The van der Waals surface area contributed by atoms with Gasteiger partial charge in [-0.2, -0.15) is 0 Å². The number of carbonyl (C=O) groups excluding carboxylic acids is 2. The van der Waals surface area contributed by atoms with E-state index >= 15 is 0 Å². The maximum absolute atomic E-state index is 12.0. The molecule has 0 radical (unpaired) electrons. The summed E-state index contributed by atoms with van der Waals surface area (Å²) in [5, 5.41) is 3.23. The van der Waals surface area contributed by atoms with E-state index in [0.717, 1.165) is 5.56 Å². The van der Waals surface area contributed by atoms with Crippen LogP contribution in [0.25, 0.3) is 0 Å². The zero-order valence-corrected chi connectivity index (χ0v) is 13.2. The minimum absolute atomic E-state index is 0.0494. The third-order valence-corrected chi connectivity index (χ3v) is 3.51. The van der Waals surface area contributed by atoms with Crippen LogP contribution in [-0.4, -0.2) is 30.8 Å². The Labute approximate surface area is 134 Å². The number of rotatable bonds is 4. The van der Waals surface area contributed by atoms with Crippen molar-refractivity contribution in [3.63, 3.8) is 0 Å². The van der Waals surface area contributed by atoms with Crippen molar-refractivity contribution in [2.75, 3.05) is 14.1 Å². The second-order valence-corrected chi connectivity index (χ2v) is 5.47. The lowest BCUT2D eigenvalue weighted by Gasteiger charge is -2.11. The fraction of sp³-hybridized carbons (Fsp3) is 0.176. The molecule has 1 N–H and O–H groups in total. The number of benzene rings is 2. The molecule has 0 aromatic heterocycles. The van der Waals surface area contributed by atoms with Crippen molar-refractivity contribution in [2.24, 2.45) is 0 Å². The van der Waals surface area contributed by atoms with E-state index in [2.05, 4.69) is 5.32 Å². The van der Waals surface area contributed by atoms with Gasteiger partial charge >= 0.3 is 0 Å². The lowest BCUT2D eigenvalue weighted by Crippen LogP contribution is -2.23. The lowest BCUT2D eigenvalue weighted by molar-refractivity contribution is 0.0827. The predicted molar refractivity (Wildman–Crippen MR) is 87.1 cm³/mol. The monoisotopic (exact) mass is 316 g/mol. The number of hydrogen-bond acceptors (Lipinski definition) is 2. The van der Waals surface area contributed by atoms with Crippen molar-refractivity contribution in [3.05, 3.63) is 70.2 Å². The van der Waals surface area contributed by atoms with Gasteiger partial charge in [0.2, 0.25) is 0 Å². The average Bonchev–Trinajstić information content (AvgIpc) is 2.52. The van der Waals surface area contributed by atoms with Crippen LogP contribution in [0.15, 0.2) is 48.5 Å². The molecule has 0 heterocycles. The van der Waals surface area contributed by atoms with Crippen LogP contribution < -0.4 is 5.32 Å². The average molecular weight is 317 g/mol. The van der Waals surface area contributed by atoms with Crippen LogP contribution in [0.1, 0.15) is 26.3 Å². The zero-order chi connectivity index (χ0) is 16.1. The first-order valence-electron chi connectivity index (χ1n) is 6.82. The topological polar surface area (TPSA) is 49.4 Å². The largest absolute Gasteiger partial charge is 0.348 e. The van der Waals surface area contributed by atoms with E-state index < -0.39 is 0 Å². The van der Waals surface area contributed by atoms with E-state index in [1.54, 1.807) is 50.5 Å². The number of nitrogens with zero attached hydrogens (tertiary/aromatic N) is 1. The quantitative estimate of drug-likeness (QED) is 0.942. The van der Waals surface area contributed by atoms with Crippen molar-refractivity contribution in [1.82, 2.24) is 10.2 Å². The smallest absolute Gasteiger partial charge is 0.253 e. The van der Waals surface area contributed by atoms with Crippen molar-refractivity contribution >= 4 is 23.4 Å². The van der Waals surface area contributed by atoms with Gasteiger partial charge in [-0.15, -0.1) is 0 Å². The molecule has 5 heteroatoms. The van der Waals surface area contributed by atoms with Gasteiger partial charge in [-0.05, 0) is 29.8 Å². The van der Waals surface area contributed by atoms with E-state index in [9.17, 15) is 9.59 Å². The fourth-order valence-electron chi connectivity index (χ4n) is 1.95. The Morgan fingerprint density at radius 3 is 2.27 bits per heavy atom. The SMILES string of the molecule is CN(C)C(=O)c1ccc(CNC(=O)c2ccccc2Cl)cc1. The number of hydrogen-bond donors (Lipinski definition) is 1. The summed E-state index contributed by atoms with van der Waals surface area (Å²) < 4.78 is 0. The van der Waals surface area contributed by atoms with Crippen LogP contribution in [0, 0.1) is 0 Å². The van der Waals surface area contributed by atoms with E-state index in [4.69, 9.17) is 11.6 Å². The molecule has 114 valence electrons. The summed E-state index contributed by atoms with van der Waals surface area (Å²) in [5.74, 6) is -0.273. The van der Waals surface area contributed by atoms with Gasteiger partial charge < -0.3 is 10.2 Å². The second kappa shape index (κ2) is 7.09. The Morgan fingerprint density at radius 1 is 1.05 bits per heavy atom. The van der Waals surface area contributed by atoms with Gasteiger partial charge in [-0.1, -0.05) is 35.9 Å². The van der Waals surface area contributed by atoms with E-state index in [0.29, 0.717) is 22.7 Å². The molecule has 0 unspecified atom stereocenters. The maximum Gasteiger partial charge on any atom is 0.253 e. The van der Waals surface area contributed by atoms with Crippen LogP contribution in [0.5, 0.6) is 0 Å². The van der Waals surface area contributed by atoms with Crippen molar-refractivity contribution < 1.29 is 9.59 Å². The summed E-state index contributed by atoms with van der Waals surface area (Å²) in [5.41, 5.74) is 1.98. The molecule has 0 aliphatic heterocycles. The van der Waals surface area contributed by atoms with Crippen LogP contribution in [0.4, 0.5) is 0 Å². The Balaban J connectivity index is 1.99. The summed E-state index contributed by atoms with van der Waals surface area (Å²) in [4.78, 5) is 25.4. The second-order valence-electron chi connectivity index (χ2n) is 5.06. The van der Waals surface area contributed by atoms with Gasteiger partial charge in [-0.25, -0.2) is 0 Å². The van der Waals surface area contributed by atoms with Gasteiger partial charge in [0.25, 0.3) is 11.8 Å². The van der Waals surface area contributed by atoms with Crippen LogP contribution in [0.3, 0.4) is 0 Å². The van der Waals surface area contributed by atoms with Crippen molar-refractivity contribution in [3.8, 4) is 0 Å². The van der Waals surface area contributed by atoms with Gasteiger partial charge in [0.15, 0.2) is 0 Å². The molecule has 2 rings (SSSR count). The lowest BCUT2D eigenvalue weighted by atomic mass is 10.1. The summed E-state index contributed by atoms with van der Waals surface area (Å²) in [7, 11) is 3.42. The minimum Gasteiger partial charge on any atom is -0.348 e. The van der Waals surface area contributed by atoms with Crippen LogP contribution >= 0.6 is 11.6 Å². The summed E-state index contributed by atoms with van der Waals surface area (Å²) >= 11 is 5.98. The third kappa shape index (κ3) is 3.86. The van der Waals surface area contributed by atoms with Gasteiger partial charge in [-0.3, -0.25) is 9.59 Å². The summed E-state index contributed by atoms with van der Waals surface area (Å²) in [6.45, 7) is 0.375. The molecular weight excluding hydrogens is 300 g/mol. The molecule has 0 aliphatic carbocycles. The molecular formula is C17H17ClN2O2. The van der Waals surface area contributed by atoms with Crippen LogP contribution in [-0.2, 0) is 6.54 Å². The highest BCUT2D eigenvalue weighted by Crippen LogP contribution is 2.14. The Bertz CT molecular complexity index is 681. The van der Waals surface area contributed by atoms with E-state index in [-0.39, 0.29) is 11.8 Å². The number of halogens is 1. The first-order valence-corrected chi connectivity index (χ1v) is 7.20. The molecule has 0 saturated heterocycles. The molecule has 0 atom stereocenters. The molecule has 2 aromatic carbocycles. The summed E-state index contributed by atoms with van der Waals surface area (Å²) in [6, 6.07) is 14.0. The standard InChI is InChI=1S/C17H17ClN2O2/c1-20(2)17(22)13-9-7-12(8-10-13)11-19-16(21)14-5-3-4-6-15(14)18/h3-10H,11H2,1-2H3,(H,19,21). The molecule has 4 nitrogen and oxygen atoms in total. The first-order chi connectivity index (χ1) is 10.5. The highest BCUT2D eigenvalue weighted by atomic mass is 35.5. The molecule has 0 saturated carbocycles. The maximum atomic E-state index is 12.0. The van der Waals surface area contributed by atoms with E-state index in [1.165, 1.54) is 4.90 Å². The van der Waals surface area contributed by atoms with Crippen molar-refractivity contribution in [2.45, 2.75) is 6.54 Å². The minimum atomic E-state index is -0.223. The molecule has 2 aromatic rings. The van der Waals surface area contributed by atoms with E-state index in [1.807, 2.05) is 12.1 Å². The number of carbonyl (C=O) groups is 2. The Kier molecular flexibility index (Phi) is 5.17. The van der Waals surface area contributed by atoms with Gasteiger partial charge in [0, 0.05) is 26.2 Å². The summed E-state index contributed by atoms with van der Waals surface area (Å²) in [6.07, 6.45) is 0. The molecule has 0 bridgehead atoms. The number of amides is 2. The molecule has 0 aliphatic rings.